The fourth-order valence-electron chi connectivity index (χ4n) is 1.98. The van der Waals surface area contributed by atoms with Gasteiger partial charge < -0.3 is 13.9 Å². The summed E-state index contributed by atoms with van der Waals surface area (Å²) in [6.45, 7) is 0. The zero-order valence-electron chi connectivity index (χ0n) is 11.1. The molecule has 102 valence electrons. The zero-order valence-corrected chi connectivity index (χ0v) is 11.1. The average Bonchev–Trinajstić information content (AvgIpc) is 3.16. The highest BCUT2D eigenvalue weighted by molar-refractivity contribution is 5.55. The number of oxazole rings is 1. The van der Waals surface area contributed by atoms with E-state index in [0.717, 1.165) is 11.4 Å². The number of methoxy groups -OCH3 is 2. The molecular weight excluding hydrogens is 258 g/mol. The van der Waals surface area contributed by atoms with Crippen molar-refractivity contribution in [3.05, 3.63) is 42.9 Å². The number of rotatable bonds is 4. The van der Waals surface area contributed by atoms with E-state index in [1.807, 2.05) is 24.3 Å². The fraction of sp³-hybridized carbons (Fsp3) is 0.143. The van der Waals surface area contributed by atoms with Gasteiger partial charge in [0.25, 0.3) is 0 Å². The molecule has 1 aromatic carbocycles. The highest BCUT2D eigenvalue weighted by Gasteiger charge is 2.13. The van der Waals surface area contributed by atoms with Gasteiger partial charge in [0.2, 0.25) is 5.89 Å². The van der Waals surface area contributed by atoms with Crippen molar-refractivity contribution in [1.29, 1.82) is 0 Å². The largest absolute Gasteiger partial charge is 0.493 e. The molecule has 20 heavy (non-hydrogen) atoms. The van der Waals surface area contributed by atoms with Crippen LogP contribution in [0.1, 0.15) is 0 Å². The van der Waals surface area contributed by atoms with Crippen LogP contribution in [-0.4, -0.2) is 29.0 Å². The molecule has 0 radical (unpaired) electrons. The summed E-state index contributed by atoms with van der Waals surface area (Å²) in [6.07, 6.45) is 4.82. The Morgan fingerprint density at radius 3 is 2.60 bits per heavy atom. The van der Waals surface area contributed by atoms with Crippen LogP contribution >= 0.6 is 0 Å². The van der Waals surface area contributed by atoms with Crippen molar-refractivity contribution in [2.75, 3.05) is 14.2 Å². The molecule has 0 atom stereocenters. The van der Waals surface area contributed by atoms with E-state index in [9.17, 15) is 0 Å². The third-order valence-electron chi connectivity index (χ3n) is 2.91. The van der Waals surface area contributed by atoms with Crippen LogP contribution in [0.25, 0.3) is 17.3 Å². The van der Waals surface area contributed by atoms with E-state index >= 15 is 0 Å². The van der Waals surface area contributed by atoms with Crippen molar-refractivity contribution < 1.29 is 13.9 Å². The summed E-state index contributed by atoms with van der Waals surface area (Å²) in [5.74, 6) is 1.82. The number of benzene rings is 1. The first-order chi connectivity index (χ1) is 9.83. The van der Waals surface area contributed by atoms with Crippen molar-refractivity contribution in [2.24, 2.45) is 0 Å². The molecule has 0 fully saturated rings. The summed E-state index contributed by atoms with van der Waals surface area (Å²) in [5.41, 5.74) is 1.60. The molecule has 0 aliphatic heterocycles. The van der Waals surface area contributed by atoms with Crippen molar-refractivity contribution in [2.45, 2.75) is 0 Å². The lowest BCUT2D eigenvalue weighted by Gasteiger charge is -2.10. The van der Waals surface area contributed by atoms with Gasteiger partial charge in [-0.1, -0.05) is 0 Å². The molecule has 0 saturated heterocycles. The van der Waals surface area contributed by atoms with Crippen LogP contribution in [0, 0.1) is 0 Å². The first kappa shape index (κ1) is 12.3. The van der Waals surface area contributed by atoms with Gasteiger partial charge in [0.1, 0.15) is 12.0 Å². The minimum Gasteiger partial charge on any atom is -0.493 e. The summed E-state index contributed by atoms with van der Waals surface area (Å²) < 4.78 is 17.6. The molecular formula is C14H13N3O3. The van der Waals surface area contributed by atoms with Gasteiger partial charge in [0, 0.05) is 6.07 Å². The Bertz CT molecular complexity index is 704. The van der Waals surface area contributed by atoms with Crippen molar-refractivity contribution in [1.82, 2.24) is 14.8 Å². The molecule has 6 heteroatoms. The number of ether oxygens (including phenoxy) is 2. The van der Waals surface area contributed by atoms with Crippen molar-refractivity contribution in [3.63, 3.8) is 0 Å². The molecule has 3 rings (SSSR count). The maximum Gasteiger partial charge on any atom is 0.245 e. The lowest BCUT2D eigenvalue weighted by Crippen LogP contribution is -2.00. The maximum absolute atomic E-state index is 5.31. The van der Waals surface area contributed by atoms with Crippen molar-refractivity contribution >= 4 is 0 Å². The standard InChI is InChI=1S/C14H13N3O3/c1-18-12-4-3-10(9-13(12)19-2)17-11(5-6-16-17)14-15-7-8-20-14/h3-9H,1-2H3. The van der Waals surface area contributed by atoms with Gasteiger partial charge in [-0.25, -0.2) is 9.67 Å². The van der Waals surface area contributed by atoms with E-state index in [1.54, 1.807) is 31.3 Å². The monoisotopic (exact) mass is 271 g/mol. The minimum absolute atomic E-state index is 0.511. The normalized spacial score (nSPS) is 10.5. The maximum atomic E-state index is 5.31. The Labute approximate surface area is 115 Å². The number of aromatic nitrogens is 3. The Hall–Kier alpha value is -2.76. The topological polar surface area (TPSA) is 62.3 Å². The Kier molecular flexibility index (Phi) is 3.12. The summed E-state index contributed by atoms with van der Waals surface area (Å²) in [5, 5.41) is 4.29. The van der Waals surface area contributed by atoms with Gasteiger partial charge in [-0.15, -0.1) is 0 Å². The summed E-state index contributed by atoms with van der Waals surface area (Å²) in [4.78, 5) is 4.14. The average molecular weight is 271 g/mol. The molecule has 0 aliphatic rings. The van der Waals surface area contributed by atoms with Gasteiger partial charge in [-0.05, 0) is 18.2 Å². The van der Waals surface area contributed by atoms with Crippen LogP contribution in [0.4, 0.5) is 0 Å². The van der Waals surface area contributed by atoms with E-state index in [2.05, 4.69) is 10.1 Å². The van der Waals surface area contributed by atoms with Gasteiger partial charge in [-0.3, -0.25) is 0 Å². The van der Waals surface area contributed by atoms with E-state index in [0.29, 0.717) is 17.4 Å². The van der Waals surface area contributed by atoms with Crippen LogP contribution in [0.2, 0.25) is 0 Å². The van der Waals surface area contributed by atoms with E-state index < -0.39 is 0 Å². The highest BCUT2D eigenvalue weighted by atomic mass is 16.5. The molecule has 0 aliphatic carbocycles. The second-order valence-corrected chi connectivity index (χ2v) is 4.00. The molecule has 0 N–H and O–H groups in total. The summed E-state index contributed by atoms with van der Waals surface area (Å²) in [6, 6.07) is 7.40. The molecule has 0 spiro atoms. The Balaban J connectivity index is 2.08. The van der Waals surface area contributed by atoms with E-state index in [1.165, 1.54) is 6.26 Å². The SMILES string of the molecule is COc1ccc(-n2nccc2-c2ncco2)cc1OC. The predicted octanol–water partition coefficient (Wildman–Crippen LogP) is 2.54. The van der Waals surface area contributed by atoms with Gasteiger partial charge in [0.15, 0.2) is 11.5 Å². The first-order valence-corrected chi connectivity index (χ1v) is 6.00. The van der Waals surface area contributed by atoms with Gasteiger partial charge in [-0.2, -0.15) is 5.10 Å². The Morgan fingerprint density at radius 2 is 1.90 bits per heavy atom. The highest BCUT2D eigenvalue weighted by Crippen LogP contribution is 2.30. The van der Waals surface area contributed by atoms with Gasteiger partial charge in [0.05, 0.1) is 32.3 Å². The quantitative estimate of drug-likeness (QED) is 0.729. The fourth-order valence-corrected chi connectivity index (χ4v) is 1.98. The molecule has 6 nitrogen and oxygen atoms in total. The van der Waals surface area contributed by atoms with E-state index in [-0.39, 0.29) is 0 Å². The first-order valence-electron chi connectivity index (χ1n) is 6.00. The van der Waals surface area contributed by atoms with Crippen LogP contribution in [-0.2, 0) is 0 Å². The number of hydrogen-bond acceptors (Lipinski definition) is 5. The van der Waals surface area contributed by atoms with Crippen molar-refractivity contribution in [3.8, 4) is 28.8 Å². The van der Waals surface area contributed by atoms with Crippen LogP contribution in [0.5, 0.6) is 11.5 Å². The minimum atomic E-state index is 0.511. The third-order valence-corrected chi connectivity index (χ3v) is 2.91. The predicted molar refractivity (Wildman–Crippen MR) is 72.2 cm³/mol. The molecule has 0 saturated carbocycles. The Morgan fingerprint density at radius 1 is 1.05 bits per heavy atom. The second-order valence-electron chi connectivity index (χ2n) is 4.00. The molecule has 0 amide bonds. The van der Waals surface area contributed by atoms with Crippen LogP contribution < -0.4 is 9.47 Å². The molecule has 2 aromatic heterocycles. The zero-order chi connectivity index (χ0) is 13.9. The smallest absolute Gasteiger partial charge is 0.245 e. The lowest BCUT2D eigenvalue weighted by atomic mass is 10.2. The van der Waals surface area contributed by atoms with E-state index in [4.69, 9.17) is 13.9 Å². The van der Waals surface area contributed by atoms with Gasteiger partial charge >= 0.3 is 0 Å². The molecule has 2 heterocycles. The molecule has 0 unspecified atom stereocenters. The molecule has 3 aromatic rings. The van der Waals surface area contributed by atoms with Crippen LogP contribution in [0.3, 0.4) is 0 Å². The summed E-state index contributed by atoms with van der Waals surface area (Å²) >= 11 is 0. The second kappa shape index (κ2) is 5.08. The number of hydrogen-bond donors (Lipinski definition) is 0. The lowest BCUT2D eigenvalue weighted by molar-refractivity contribution is 0.355. The molecule has 0 bridgehead atoms. The summed E-state index contributed by atoms with van der Waals surface area (Å²) in [7, 11) is 3.20. The third kappa shape index (κ3) is 2.01. The van der Waals surface area contributed by atoms with Crippen LogP contribution in [0.15, 0.2) is 47.3 Å². The number of nitrogens with zero attached hydrogens (tertiary/aromatic N) is 3.